The lowest BCUT2D eigenvalue weighted by Crippen LogP contribution is -2.09. The number of anilines is 1. The van der Waals surface area contributed by atoms with E-state index in [1.54, 1.807) is 11.3 Å². The SMILES string of the molecule is CCCCNc1nccn1CCc1ccsc1. The summed E-state index contributed by atoms with van der Waals surface area (Å²) in [6.07, 6.45) is 7.38. The molecule has 4 heteroatoms. The van der Waals surface area contributed by atoms with Gasteiger partial charge >= 0.3 is 0 Å². The van der Waals surface area contributed by atoms with E-state index in [-0.39, 0.29) is 0 Å². The van der Waals surface area contributed by atoms with Gasteiger partial charge in [-0.3, -0.25) is 0 Å². The molecule has 0 atom stereocenters. The van der Waals surface area contributed by atoms with Gasteiger partial charge in [0.1, 0.15) is 0 Å². The molecule has 2 aromatic rings. The molecule has 2 heterocycles. The third kappa shape index (κ3) is 3.60. The first-order chi connectivity index (χ1) is 8.40. The van der Waals surface area contributed by atoms with Crippen molar-refractivity contribution >= 4 is 17.3 Å². The Balaban J connectivity index is 1.85. The van der Waals surface area contributed by atoms with Crippen LogP contribution in [0.5, 0.6) is 0 Å². The van der Waals surface area contributed by atoms with Crippen LogP contribution in [0.3, 0.4) is 0 Å². The van der Waals surface area contributed by atoms with Gasteiger partial charge in [0.15, 0.2) is 0 Å². The molecule has 0 saturated carbocycles. The number of rotatable bonds is 7. The molecule has 0 radical (unpaired) electrons. The molecular weight excluding hydrogens is 230 g/mol. The van der Waals surface area contributed by atoms with E-state index >= 15 is 0 Å². The average Bonchev–Trinajstić information content (AvgIpc) is 2.97. The molecule has 2 aromatic heterocycles. The zero-order valence-electron chi connectivity index (χ0n) is 10.2. The third-order valence-electron chi connectivity index (χ3n) is 2.75. The predicted molar refractivity (Wildman–Crippen MR) is 73.6 cm³/mol. The first-order valence-electron chi connectivity index (χ1n) is 6.16. The molecule has 0 spiro atoms. The van der Waals surface area contributed by atoms with Crippen molar-refractivity contribution < 1.29 is 0 Å². The number of nitrogens with zero attached hydrogens (tertiary/aromatic N) is 2. The summed E-state index contributed by atoms with van der Waals surface area (Å²) in [5.74, 6) is 0.994. The highest BCUT2D eigenvalue weighted by Crippen LogP contribution is 2.10. The summed E-state index contributed by atoms with van der Waals surface area (Å²) in [6, 6.07) is 2.19. The summed E-state index contributed by atoms with van der Waals surface area (Å²) in [7, 11) is 0. The molecule has 2 rings (SSSR count). The Bertz CT molecular complexity index is 420. The second-order valence-corrected chi connectivity index (χ2v) is 4.89. The van der Waals surface area contributed by atoms with E-state index in [1.807, 2.05) is 12.4 Å². The van der Waals surface area contributed by atoms with Crippen LogP contribution in [-0.2, 0) is 13.0 Å². The molecule has 0 amide bonds. The van der Waals surface area contributed by atoms with Gasteiger partial charge in [0.2, 0.25) is 5.95 Å². The van der Waals surface area contributed by atoms with Crippen LogP contribution in [0.4, 0.5) is 5.95 Å². The Morgan fingerprint density at radius 3 is 3.18 bits per heavy atom. The van der Waals surface area contributed by atoms with E-state index in [2.05, 4.69) is 38.6 Å². The van der Waals surface area contributed by atoms with Crippen LogP contribution >= 0.6 is 11.3 Å². The standard InChI is InChI=1S/C13H19N3S/c1-2-3-6-14-13-15-7-9-16(13)8-4-12-5-10-17-11-12/h5,7,9-11H,2-4,6,8H2,1H3,(H,14,15). The molecule has 0 aromatic carbocycles. The van der Waals surface area contributed by atoms with Gasteiger partial charge in [-0.25, -0.2) is 4.98 Å². The Labute approximate surface area is 107 Å². The predicted octanol–water partition coefficient (Wildman–Crippen LogP) is 3.40. The lowest BCUT2D eigenvalue weighted by atomic mass is 10.2. The van der Waals surface area contributed by atoms with E-state index in [4.69, 9.17) is 0 Å². The van der Waals surface area contributed by atoms with Gasteiger partial charge in [-0.1, -0.05) is 13.3 Å². The molecule has 0 unspecified atom stereocenters. The van der Waals surface area contributed by atoms with E-state index in [9.17, 15) is 0 Å². The van der Waals surface area contributed by atoms with Gasteiger partial charge in [0, 0.05) is 25.5 Å². The molecule has 3 nitrogen and oxygen atoms in total. The molecule has 0 aliphatic carbocycles. The maximum absolute atomic E-state index is 4.34. The lowest BCUT2D eigenvalue weighted by Gasteiger charge is -2.08. The lowest BCUT2D eigenvalue weighted by molar-refractivity contribution is 0.696. The van der Waals surface area contributed by atoms with Crippen molar-refractivity contribution in [3.8, 4) is 0 Å². The Morgan fingerprint density at radius 1 is 1.47 bits per heavy atom. The highest BCUT2D eigenvalue weighted by atomic mass is 32.1. The first-order valence-corrected chi connectivity index (χ1v) is 7.10. The zero-order chi connectivity index (χ0) is 11.9. The largest absolute Gasteiger partial charge is 0.356 e. The van der Waals surface area contributed by atoms with E-state index in [0.717, 1.165) is 25.5 Å². The van der Waals surface area contributed by atoms with Crippen LogP contribution in [-0.4, -0.2) is 16.1 Å². The molecule has 0 aliphatic heterocycles. The summed E-state index contributed by atoms with van der Waals surface area (Å²) in [4.78, 5) is 4.34. The molecule has 0 saturated heterocycles. The van der Waals surface area contributed by atoms with Crippen molar-refractivity contribution in [2.45, 2.75) is 32.7 Å². The van der Waals surface area contributed by atoms with Crippen molar-refractivity contribution in [1.82, 2.24) is 9.55 Å². The fourth-order valence-corrected chi connectivity index (χ4v) is 2.42. The molecule has 1 N–H and O–H groups in total. The molecule has 17 heavy (non-hydrogen) atoms. The summed E-state index contributed by atoms with van der Waals surface area (Å²) in [5, 5.41) is 7.72. The molecule has 92 valence electrons. The number of hydrogen-bond acceptors (Lipinski definition) is 3. The monoisotopic (exact) mass is 249 g/mol. The normalized spacial score (nSPS) is 10.6. The average molecular weight is 249 g/mol. The van der Waals surface area contributed by atoms with Crippen molar-refractivity contribution in [1.29, 1.82) is 0 Å². The maximum atomic E-state index is 4.34. The van der Waals surface area contributed by atoms with Gasteiger partial charge in [0.25, 0.3) is 0 Å². The van der Waals surface area contributed by atoms with Gasteiger partial charge in [-0.15, -0.1) is 0 Å². The van der Waals surface area contributed by atoms with Crippen molar-refractivity contribution in [3.63, 3.8) is 0 Å². The smallest absolute Gasteiger partial charge is 0.202 e. The zero-order valence-corrected chi connectivity index (χ0v) is 11.0. The van der Waals surface area contributed by atoms with Crippen molar-refractivity contribution in [2.75, 3.05) is 11.9 Å². The minimum absolute atomic E-state index is 0.991. The fraction of sp³-hybridized carbons (Fsp3) is 0.462. The minimum atomic E-state index is 0.991. The van der Waals surface area contributed by atoms with Crippen LogP contribution < -0.4 is 5.32 Å². The fourth-order valence-electron chi connectivity index (χ4n) is 1.72. The van der Waals surface area contributed by atoms with E-state index in [0.29, 0.717) is 0 Å². The van der Waals surface area contributed by atoms with Crippen LogP contribution in [0.15, 0.2) is 29.2 Å². The molecule has 0 aliphatic rings. The summed E-state index contributed by atoms with van der Waals surface area (Å²) in [6.45, 7) is 4.20. The Morgan fingerprint density at radius 2 is 2.41 bits per heavy atom. The van der Waals surface area contributed by atoms with Crippen LogP contribution in [0.2, 0.25) is 0 Å². The number of unbranched alkanes of at least 4 members (excludes halogenated alkanes) is 1. The van der Waals surface area contributed by atoms with E-state index < -0.39 is 0 Å². The van der Waals surface area contributed by atoms with Crippen molar-refractivity contribution in [2.24, 2.45) is 0 Å². The maximum Gasteiger partial charge on any atom is 0.202 e. The number of imidazole rings is 1. The molecular formula is C13H19N3S. The number of hydrogen-bond donors (Lipinski definition) is 1. The number of aryl methyl sites for hydroxylation is 2. The Kier molecular flexibility index (Phi) is 4.62. The van der Waals surface area contributed by atoms with Crippen LogP contribution in [0.25, 0.3) is 0 Å². The topological polar surface area (TPSA) is 29.9 Å². The highest BCUT2D eigenvalue weighted by molar-refractivity contribution is 7.07. The van der Waals surface area contributed by atoms with Crippen LogP contribution in [0, 0.1) is 0 Å². The number of nitrogens with one attached hydrogen (secondary N) is 1. The Hall–Kier alpha value is -1.29. The van der Waals surface area contributed by atoms with Crippen LogP contribution in [0.1, 0.15) is 25.3 Å². The summed E-state index contributed by atoms with van der Waals surface area (Å²) in [5.41, 5.74) is 1.41. The number of thiophene rings is 1. The quantitative estimate of drug-likeness (QED) is 0.762. The van der Waals surface area contributed by atoms with Gasteiger partial charge in [-0.2, -0.15) is 11.3 Å². The van der Waals surface area contributed by atoms with Gasteiger partial charge in [-0.05, 0) is 35.2 Å². The van der Waals surface area contributed by atoms with Crippen molar-refractivity contribution in [3.05, 3.63) is 34.8 Å². The summed E-state index contributed by atoms with van der Waals surface area (Å²) >= 11 is 1.76. The van der Waals surface area contributed by atoms with E-state index in [1.165, 1.54) is 18.4 Å². The summed E-state index contributed by atoms with van der Waals surface area (Å²) < 4.78 is 2.19. The second kappa shape index (κ2) is 6.45. The van der Waals surface area contributed by atoms with Gasteiger partial charge < -0.3 is 9.88 Å². The first kappa shape index (κ1) is 12.2. The second-order valence-electron chi connectivity index (χ2n) is 4.11. The molecule has 0 bridgehead atoms. The van der Waals surface area contributed by atoms with Gasteiger partial charge in [0.05, 0.1) is 0 Å². The third-order valence-corrected chi connectivity index (χ3v) is 3.48. The molecule has 0 fully saturated rings. The minimum Gasteiger partial charge on any atom is -0.356 e. The highest BCUT2D eigenvalue weighted by Gasteiger charge is 2.02. The number of aromatic nitrogens is 2.